The molecule has 1 amide bonds. The highest BCUT2D eigenvalue weighted by Gasteiger charge is 2.39. The SMILES string of the molecule is COc1ccc(C(=O)N2c3ncnn3C(c3ccccc3)CC2c2ccc(C)cc2)cc1OC. The van der Waals surface area contributed by atoms with Gasteiger partial charge >= 0.3 is 0 Å². The number of hydrogen-bond acceptors (Lipinski definition) is 5. The molecule has 0 fully saturated rings. The molecule has 7 nitrogen and oxygen atoms in total. The monoisotopic (exact) mass is 454 g/mol. The minimum atomic E-state index is -0.219. The van der Waals surface area contributed by atoms with Gasteiger partial charge in [0.1, 0.15) is 6.33 Å². The average molecular weight is 455 g/mol. The summed E-state index contributed by atoms with van der Waals surface area (Å²) in [7, 11) is 3.13. The number of ether oxygens (including phenoxy) is 2. The number of benzene rings is 3. The molecule has 0 saturated carbocycles. The molecule has 0 aliphatic carbocycles. The van der Waals surface area contributed by atoms with Crippen LogP contribution in [0, 0.1) is 6.92 Å². The Morgan fingerprint density at radius 1 is 0.882 bits per heavy atom. The van der Waals surface area contributed by atoms with E-state index in [-0.39, 0.29) is 18.0 Å². The Balaban J connectivity index is 1.63. The van der Waals surface area contributed by atoms with Crippen LogP contribution in [0.1, 0.15) is 45.6 Å². The molecular weight excluding hydrogens is 428 g/mol. The smallest absolute Gasteiger partial charge is 0.261 e. The third kappa shape index (κ3) is 3.79. The predicted octanol–water partition coefficient (Wildman–Crippen LogP) is 4.98. The summed E-state index contributed by atoms with van der Waals surface area (Å²) in [5.74, 6) is 1.42. The maximum absolute atomic E-state index is 14.0. The zero-order chi connectivity index (χ0) is 23.7. The second-order valence-corrected chi connectivity index (χ2v) is 8.34. The highest BCUT2D eigenvalue weighted by atomic mass is 16.5. The molecule has 0 bridgehead atoms. The third-order valence-electron chi connectivity index (χ3n) is 6.32. The van der Waals surface area contributed by atoms with Crippen LogP contribution in [0.25, 0.3) is 0 Å². The van der Waals surface area contributed by atoms with Crippen molar-refractivity contribution in [3.05, 3.63) is 101 Å². The average Bonchev–Trinajstić information content (AvgIpc) is 3.37. The molecule has 172 valence electrons. The second-order valence-electron chi connectivity index (χ2n) is 8.34. The summed E-state index contributed by atoms with van der Waals surface area (Å²) < 4.78 is 12.6. The maximum atomic E-state index is 14.0. The number of rotatable bonds is 5. The molecule has 1 aromatic heterocycles. The van der Waals surface area contributed by atoms with Crippen LogP contribution in [-0.4, -0.2) is 34.9 Å². The minimum absolute atomic E-state index is 0.0422. The number of aromatic nitrogens is 3. The fourth-order valence-corrected chi connectivity index (χ4v) is 4.56. The lowest BCUT2D eigenvalue weighted by atomic mass is 9.91. The molecule has 1 aliphatic heterocycles. The van der Waals surface area contributed by atoms with Gasteiger partial charge in [0.05, 0.1) is 26.3 Å². The van der Waals surface area contributed by atoms with Crippen molar-refractivity contribution in [2.45, 2.75) is 25.4 Å². The molecule has 2 atom stereocenters. The number of carbonyl (C=O) groups is 1. The van der Waals surface area contributed by atoms with Crippen LogP contribution in [-0.2, 0) is 0 Å². The Hall–Kier alpha value is -4.13. The van der Waals surface area contributed by atoms with Gasteiger partial charge in [0.2, 0.25) is 5.95 Å². The van der Waals surface area contributed by atoms with E-state index in [1.54, 1.807) is 37.3 Å². The van der Waals surface area contributed by atoms with Crippen molar-refractivity contribution < 1.29 is 14.3 Å². The summed E-state index contributed by atoms with van der Waals surface area (Å²) in [6.07, 6.45) is 2.18. The standard InChI is InChI=1S/C27H26N4O3/c1-18-9-11-20(12-10-18)22-16-23(19-7-5-4-6-8-19)31-27(28-17-29-31)30(22)26(32)21-13-14-24(33-2)25(15-21)34-3/h4-15,17,22-23H,16H2,1-3H3. The largest absolute Gasteiger partial charge is 0.493 e. The quantitative estimate of drug-likeness (QED) is 0.425. The number of fused-ring (bicyclic) bond motifs is 1. The molecule has 0 N–H and O–H groups in total. The van der Waals surface area contributed by atoms with E-state index in [1.165, 1.54) is 11.9 Å². The van der Waals surface area contributed by atoms with Crippen molar-refractivity contribution >= 4 is 11.9 Å². The van der Waals surface area contributed by atoms with Crippen LogP contribution < -0.4 is 14.4 Å². The molecule has 5 rings (SSSR count). The summed E-state index contributed by atoms with van der Waals surface area (Å²) in [4.78, 5) is 20.2. The first-order valence-corrected chi connectivity index (χ1v) is 11.2. The summed E-state index contributed by atoms with van der Waals surface area (Å²) in [6, 6.07) is 23.5. The van der Waals surface area contributed by atoms with Crippen LogP contribution in [0.2, 0.25) is 0 Å². The number of hydrogen-bond donors (Lipinski definition) is 0. The summed E-state index contributed by atoms with van der Waals surface area (Å²) in [6.45, 7) is 2.06. The third-order valence-corrected chi connectivity index (χ3v) is 6.32. The first-order chi connectivity index (χ1) is 16.6. The van der Waals surface area contributed by atoms with E-state index in [2.05, 4.69) is 53.4 Å². The van der Waals surface area contributed by atoms with Gasteiger partial charge in [0.15, 0.2) is 11.5 Å². The molecule has 0 saturated heterocycles. The van der Waals surface area contributed by atoms with Gasteiger partial charge in [-0.3, -0.25) is 9.69 Å². The number of carbonyl (C=O) groups excluding carboxylic acids is 1. The van der Waals surface area contributed by atoms with Crippen LogP contribution in [0.15, 0.2) is 79.1 Å². The molecule has 0 spiro atoms. The number of anilines is 1. The predicted molar refractivity (Wildman–Crippen MR) is 129 cm³/mol. The first kappa shape index (κ1) is 21.7. The van der Waals surface area contributed by atoms with E-state index >= 15 is 0 Å². The number of amides is 1. The lowest BCUT2D eigenvalue weighted by Gasteiger charge is -2.39. The van der Waals surface area contributed by atoms with Crippen molar-refractivity contribution in [2.24, 2.45) is 0 Å². The molecule has 34 heavy (non-hydrogen) atoms. The second kappa shape index (κ2) is 9.02. The van der Waals surface area contributed by atoms with Crippen LogP contribution in [0.4, 0.5) is 5.95 Å². The number of nitrogens with zero attached hydrogens (tertiary/aromatic N) is 4. The van der Waals surface area contributed by atoms with Crippen molar-refractivity contribution in [3.8, 4) is 11.5 Å². The Bertz CT molecular complexity index is 1300. The Labute approximate surface area is 198 Å². The van der Waals surface area contributed by atoms with Crippen molar-refractivity contribution in [1.29, 1.82) is 0 Å². The fraction of sp³-hybridized carbons (Fsp3) is 0.222. The molecule has 1 aliphatic rings. The molecule has 3 aromatic carbocycles. The lowest BCUT2D eigenvalue weighted by Crippen LogP contribution is -2.42. The van der Waals surface area contributed by atoms with Gasteiger partial charge in [0.25, 0.3) is 5.91 Å². The number of aryl methyl sites for hydroxylation is 1. The normalized spacial score (nSPS) is 17.2. The van der Waals surface area contributed by atoms with Gasteiger partial charge in [-0.1, -0.05) is 60.2 Å². The zero-order valence-corrected chi connectivity index (χ0v) is 19.4. The van der Waals surface area contributed by atoms with Gasteiger partial charge in [-0.05, 0) is 42.7 Å². The summed E-state index contributed by atoms with van der Waals surface area (Å²) in [5.41, 5.74) is 3.83. The number of methoxy groups -OCH3 is 2. The minimum Gasteiger partial charge on any atom is -0.493 e. The van der Waals surface area contributed by atoms with E-state index in [0.717, 1.165) is 11.1 Å². The Kier molecular flexibility index (Phi) is 5.76. The van der Waals surface area contributed by atoms with Gasteiger partial charge < -0.3 is 9.47 Å². The van der Waals surface area contributed by atoms with E-state index in [9.17, 15) is 4.79 Å². The van der Waals surface area contributed by atoms with Gasteiger partial charge in [-0.2, -0.15) is 10.1 Å². The highest BCUT2D eigenvalue weighted by Crippen LogP contribution is 2.43. The molecular formula is C27H26N4O3. The van der Waals surface area contributed by atoms with E-state index in [0.29, 0.717) is 29.4 Å². The molecule has 2 unspecified atom stereocenters. The van der Waals surface area contributed by atoms with Crippen molar-refractivity contribution in [3.63, 3.8) is 0 Å². The van der Waals surface area contributed by atoms with Crippen LogP contribution in [0.3, 0.4) is 0 Å². The first-order valence-electron chi connectivity index (χ1n) is 11.2. The lowest BCUT2D eigenvalue weighted by molar-refractivity contribution is 0.0963. The molecule has 2 heterocycles. The maximum Gasteiger partial charge on any atom is 0.261 e. The van der Waals surface area contributed by atoms with E-state index < -0.39 is 0 Å². The molecule has 7 heteroatoms. The Morgan fingerprint density at radius 3 is 2.29 bits per heavy atom. The van der Waals surface area contributed by atoms with Crippen molar-refractivity contribution in [2.75, 3.05) is 19.1 Å². The molecule has 4 aromatic rings. The van der Waals surface area contributed by atoms with Crippen LogP contribution >= 0.6 is 0 Å². The summed E-state index contributed by atoms with van der Waals surface area (Å²) >= 11 is 0. The zero-order valence-electron chi connectivity index (χ0n) is 19.4. The fourth-order valence-electron chi connectivity index (χ4n) is 4.56. The van der Waals surface area contributed by atoms with Gasteiger partial charge in [-0.15, -0.1) is 0 Å². The van der Waals surface area contributed by atoms with Crippen LogP contribution in [0.5, 0.6) is 11.5 Å². The van der Waals surface area contributed by atoms with Crippen molar-refractivity contribution in [1.82, 2.24) is 14.8 Å². The Morgan fingerprint density at radius 2 is 1.59 bits per heavy atom. The summed E-state index contributed by atoms with van der Waals surface area (Å²) in [5, 5.41) is 4.51. The van der Waals surface area contributed by atoms with Gasteiger partial charge in [0, 0.05) is 5.56 Å². The highest BCUT2D eigenvalue weighted by molar-refractivity contribution is 6.06. The van der Waals surface area contributed by atoms with E-state index in [1.807, 2.05) is 22.9 Å². The van der Waals surface area contributed by atoms with E-state index in [4.69, 9.17) is 9.47 Å². The topological polar surface area (TPSA) is 69.5 Å². The van der Waals surface area contributed by atoms with Gasteiger partial charge in [-0.25, -0.2) is 4.68 Å². The molecule has 0 radical (unpaired) electrons.